The highest BCUT2D eigenvalue weighted by atomic mass is 35.5. The molecule has 440 valence electrons. The zero-order valence-electron chi connectivity index (χ0n) is 48.1. The lowest BCUT2D eigenvalue weighted by Gasteiger charge is -2.49. The predicted molar refractivity (Wildman–Crippen MR) is 291 cm³/mol. The Morgan fingerprint density at radius 3 is 2.31 bits per heavy atom. The summed E-state index contributed by atoms with van der Waals surface area (Å²) in [5, 5.41) is 41.7. The van der Waals surface area contributed by atoms with Gasteiger partial charge in [0.05, 0.1) is 64.4 Å². The summed E-state index contributed by atoms with van der Waals surface area (Å²) in [7, 11) is 7.29. The van der Waals surface area contributed by atoms with Crippen molar-refractivity contribution in [2.45, 2.75) is 204 Å². The molecule has 1 aromatic heterocycles. The second-order valence-corrected chi connectivity index (χ2v) is 24.2. The number of carbonyl (C=O) groups excluding carboxylic acids is 2. The summed E-state index contributed by atoms with van der Waals surface area (Å²) in [6.45, 7) is 20.6. The Labute approximate surface area is 464 Å². The lowest BCUT2D eigenvalue weighted by molar-refractivity contribution is -0.320. The summed E-state index contributed by atoms with van der Waals surface area (Å²) in [6.07, 6.45) is -4.86. The third-order valence-corrected chi connectivity index (χ3v) is 17.4. The molecule has 1 saturated carbocycles. The van der Waals surface area contributed by atoms with Crippen LogP contribution >= 0.6 is 11.6 Å². The Morgan fingerprint density at radius 2 is 1.67 bits per heavy atom. The van der Waals surface area contributed by atoms with Gasteiger partial charge in [-0.1, -0.05) is 32.4 Å². The highest BCUT2D eigenvalue weighted by Gasteiger charge is 2.58. The molecule has 0 unspecified atom stereocenters. The number of cyclic esters (lactones) is 1. The number of methoxy groups -OCH3 is 1. The van der Waals surface area contributed by atoms with Crippen LogP contribution in [0, 0.1) is 17.8 Å². The number of hydrogen-bond acceptors (Lipinski definition) is 19. The number of anilines is 1. The second-order valence-electron chi connectivity index (χ2n) is 23.8. The van der Waals surface area contributed by atoms with E-state index in [1.807, 2.05) is 84.0 Å². The normalized spacial score (nSPS) is 38.5. The number of fused-ring (bicyclic) bond motifs is 2. The van der Waals surface area contributed by atoms with E-state index in [0.29, 0.717) is 55.2 Å². The van der Waals surface area contributed by atoms with Gasteiger partial charge in [0.1, 0.15) is 23.9 Å². The minimum atomic E-state index is -1.60. The standard InChI is InChI=1S/C56H88ClN5O16/c1-15-42-56(10)48(77-53(68)78-56)33(6)61(13)27-29(2)25-54(8,69)47(76-52-45(64)41(60(11)12)22-30(3)72-52)31(4)46(32(5)51(67)74-42)75-43-26-55(9,70-14)49(34(7)73-43)71-21-20-58-18-19-59-39-23-36-40(24-38(39)57)62(35-16-17-35)28-37(44(36)63)50(65)66/h23-24,28-35,41-43,45-49,52,58-59,64,69H,15-22,25-27H2,1-14H3,(H,65,66)/t29-,30-,31+,32-,33-,34+,41+,42-,43+,45-,46+,47-,48-,49+,52+,54-,55-,56-/m1/s1. The molecule has 5 aliphatic rings. The first-order valence-corrected chi connectivity index (χ1v) is 28.2. The number of hydrogen-bond donors (Lipinski definition) is 5. The predicted octanol–water partition coefficient (Wildman–Crippen LogP) is 5.81. The monoisotopic (exact) mass is 1120 g/mol. The number of carbonyl (C=O) groups is 3. The van der Waals surface area contributed by atoms with Crippen molar-refractivity contribution in [2.75, 3.05) is 66.4 Å². The van der Waals surface area contributed by atoms with Gasteiger partial charge in [-0.05, 0) is 120 Å². The molecule has 18 atom stereocenters. The van der Waals surface area contributed by atoms with E-state index in [0.717, 1.165) is 12.8 Å². The number of benzene rings is 1. The van der Waals surface area contributed by atoms with Gasteiger partial charge in [0.25, 0.3) is 0 Å². The molecule has 1 aliphatic carbocycles. The van der Waals surface area contributed by atoms with Gasteiger partial charge < -0.3 is 78.1 Å². The number of carboxylic acids is 1. The first-order valence-electron chi connectivity index (χ1n) is 27.9. The maximum atomic E-state index is 14.8. The average molecular weight is 1120 g/mol. The van der Waals surface area contributed by atoms with Gasteiger partial charge in [-0.3, -0.25) is 14.5 Å². The summed E-state index contributed by atoms with van der Waals surface area (Å²) >= 11 is 6.68. The SMILES string of the molecule is CC[C@H]1OC(=O)[C@H](C)[C@@H](O[C@H]2C[C@@](C)(OC)[C@@H](OCCNCCNc3cc4c(=O)c(C(=O)O)cn(C5CC5)c4cc3Cl)[C@H](C)O2)[C@H](C)[C@@H](O[C@@H]2O[C@H](C)C[C@H](N(C)C)[C@H]2O)[C@](C)(O)C[C@@H](C)CN(C)[C@H](C)[C@H]2OC(=O)O[C@@]21C. The van der Waals surface area contributed by atoms with Crippen LogP contribution in [0.5, 0.6) is 0 Å². The first kappa shape index (κ1) is 61.9. The second kappa shape index (κ2) is 25.2. The molecule has 4 saturated heterocycles. The molecule has 0 amide bonds. The maximum absolute atomic E-state index is 14.8. The third kappa shape index (κ3) is 13.4. The number of rotatable bonds is 17. The smallest absolute Gasteiger partial charge is 0.477 e. The number of ether oxygens (including phenoxy) is 9. The number of pyridine rings is 1. The molecule has 0 bridgehead atoms. The van der Waals surface area contributed by atoms with Crippen molar-refractivity contribution in [3.05, 3.63) is 39.1 Å². The van der Waals surface area contributed by atoms with E-state index in [4.69, 9.17) is 54.2 Å². The van der Waals surface area contributed by atoms with Gasteiger partial charge in [-0.2, -0.15) is 0 Å². The number of aliphatic hydroxyl groups is 2. The van der Waals surface area contributed by atoms with Crippen LogP contribution in [0.4, 0.5) is 10.5 Å². The van der Waals surface area contributed by atoms with Crippen LogP contribution in [-0.2, 0) is 47.4 Å². The van der Waals surface area contributed by atoms with Crippen LogP contribution in [0.2, 0.25) is 5.02 Å². The lowest BCUT2D eigenvalue weighted by Crippen LogP contribution is -2.61. The number of halogens is 1. The fourth-order valence-corrected chi connectivity index (χ4v) is 12.9. The quantitative estimate of drug-likeness (QED) is 0.0926. The number of nitrogens with zero attached hydrogens (tertiary/aromatic N) is 3. The fourth-order valence-electron chi connectivity index (χ4n) is 12.6. The van der Waals surface area contributed by atoms with Crippen LogP contribution < -0.4 is 16.1 Å². The Kier molecular flexibility index (Phi) is 20.0. The van der Waals surface area contributed by atoms with Gasteiger partial charge in [0.15, 0.2) is 24.3 Å². The van der Waals surface area contributed by atoms with E-state index in [2.05, 4.69) is 10.6 Å². The van der Waals surface area contributed by atoms with Crippen LogP contribution in [0.25, 0.3) is 10.9 Å². The third-order valence-electron chi connectivity index (χ3n) is 17.1. The van der Waals surface area contributed by atoms with Crippen LogP contribution in [0.3, 0.4) is 0 Å². The lowest BCUT2D eigenvalue weighted by atomic mass is 9.77. The van der Waals surface area contributed by atoms with E-state index >= 15 is 0 Å². The van der Waals surface area contributed by atoms with Crippen molar-refractivity contribution in [3.8, 4) is 0 Å². The molecule has 2 aromatic rings. The molecule has 0 spiro atoms. The molecule has 5 N–H and O–H groups in total. The van der Waals surface area contributed by atoms with E-state index in [1.165, 1.54) is 6.20 Å². The fraction of sp³-hybridized carbons (Fsp3) is 0.786. The molecule has 1 aromatic carbocycles. The number of esters is 1. The van der Waals surface area contributed by atoms with Gasteiger partial charge in [-0.15, -0.1) is 0 Å². The highest BCUT2D eigenvalue weighted by molar-refractivity contribution is 6.34. The molecule has 5 heterocycles. The number of nitrogens with one attached hydrogen (secondary N) is 2. The molecule has 22 heteroatoms. The number of aromatic carboxylic acids is 1. The largest absolute Gasteiger partial charge is 0.509 e. The van der Waals surface area contributed by atoms with E-state index in [-0.39, 0.29) is 60.5 Å². The molecule has 78 heavy (non-hydrogen) atoms. The maximum Gasteiger partial charge on any atom is 0.509 e. The van der Waals surface area contributed by atoms with Gasteiger partial charge >= 0.3 is 18.1 Å². The Hall–Kier alpha value is -3.71. The molecule has 4 aliphatic heterocycles. The van der Waals surface area contributed by atoms with E-state index < -0.39 is 107 Å². The molecule has 21 nitrogen and oxygen atoms in total. The minimum absolute atomic E-state index is 0.133. The number of likely N-dealkylation sites (N-methyl/N-ethyl adjacent to an activating group) is 2. The van der Waals surface area contributed by atoms with Crippen LogP contribution in [-0.4, -0.2) is 199 Å². The van der Waals surface area contributed by atoms with Gasteiger partial charge in [0, 0.05) is 75.3 Å². The van der Waals surface area contributed by atoms with E-state index in [9.17, 15) is 34.5 Å². The summed E-state index contributed by atoms with van der Waals surface area (Å²) in [5.74, 6) is -3.89. The zero-order chi connectivity index (χ0) is 57.3. The summed E-state index contributed by atoms with van der Waals surface area (Å²) in [4.78, 5) is 56.9. The Morgan fingerprint density at radius 1 is 0.962 bits per heavy atom. The van der Waals surface area contributed by atoms with Crippen molar-refractivity contribution in [3.63, 3.8) is 0 Å². The highest BCUT2D eigenvalue weighted by Crippen LogP contribution is 2.43. The van der Waals surface area contributed by atoms with Crippen molar-refractivity contribution < 1.29 is 72.3 Å². The van der Waals surface area contributed by atoms with Crippen LogP contribution in [0.15, 0.2) is 23.1 Å². The summed E-state index contributed by atoms with van der Waals surface area (Å²) < 4.78 is 59.6. The Bertz CT molecular complexity index is 2480. The molecule has 7 rings (SSSR count). The van der Waals surface area contributed by atoms with Gasteiger partial charge in [0.2, 0.25) is 5.43 Å². The number of aliphatic hydroxyl groups excluding tert-OH is 1. The number of aromatic nitrogens is 1. The summed E-state index contributed by atoms with van der Waals surface area (Å²) in [6, 6.07) is 2.77. The molecular formula is C56H88ClN5O16. The topological polar surface area (TPSA) is 248 Å². The van der Waals surface area contributed by atoms with Crippen molar-refractivity contribution >= 4 is 46.3 Å². The average Bonchev–Trinajstić information content (AvgIpc) is 4.16. The van der Waals surface area contributed by atoms with Gasteiger partial charge in [-0.25, -0.2) is 9.59 Å². The number of carboxylic acid groups (broad SMARTS) is 1. The van der Waals surface area contributed by atoms with Crippen LogP contribution in [0.1, 0.15) is 124 Å². The molecule has 5 fully saturated rings. The van der Waals surface area contributed by atoms with E-state index in [1.54, 1.807) is 40.0 Å². The van der Waals surface area contributed by atoms with Crippen molar-refractivity contribution in [1.82, 2.24) is 19.7 Å². The molecule has 0 radical (unpaired) electrons. The van der Waals surface area contributed by atoms with Crippen molar-refractivity contribution in [2.24, 2.45) is 17.8 Å². The molecular weight excluding hydrogens is 1030 g/mol. The Balaban J connectivity index is 1.08. The minimum Gasteiger partial charge on any atom is -0.477 e. The van der Waals surface area contributed by atoms with Crippen molar-refractivity contribution in [1.29, 1.82) is 0 Å². The zero-order valence-corrected chi connectivity index (χ0v) is 48.9. The first-order chi connectivity index (χ1) is 36.6. The summed E-state index contributed by atoms with van der Waals surface area (Å²) in [5.41, 5.74) is -3.62.